The Balaban J connectivity index is 2.74. The molecule has 0 aliphatic carbocycles. The average Bonchev–Trinajstić information content (AvgIpc) is 2.82. The van der Waals surface area contributed by atoms with Crippen molar-refractivity contribution in [1.82, 2.24) is 0 Å². The molecule has 0 radical (unpaired) electrons. The first kappa shape index (κ1) is 33.7. The van der Waals surface area contributed by atoms with Gasteiger partial charge in [0.25, 0.3) is 14.6 Å². The van der Waals surface area contributed by atoms with Gasteiger partial charge in [0.15, 0.2) is 8.32 Å². The van der Waals surface area contributed by atoms with E-state index in [1.807, 2.05) is 49.4 Å². The van der Waals surface area contributed by atoms with Crippen LogP contribution in [0.5, 0.6) is 0 Å². The standard InChI is InChI=1S/C32H48O6Si2/c1-24(37-39(10,11)31(4,5)6)29(22-23-30(35-25(2)33)36-26(3)34)38-40(32(7,8)9,27-18-14-12-15-19-27)28-20-16-13-17-21-28/h12-24,29-30H,1-11H3/b23-22+/t24-,29-/m0/s1. The smallest absolute Gasteiger partial charge is 0.305 e. The van der Waals surface area contributed by atoms with Gasteiger partial charge >= 0.3 is 11.9 Å². The highest BCUT2D eigenvalue weighted by Gasteiger charge is 2.52. The fourth-order valence-corrected chi connectivity index (χ4v) is 10.6. The summed E-state index contributed by atoms with van der Waals surface area (Å²) in [4.78, 5) is 23.5. The van der Waals surface area contributed by atoms with Gasteiger partial charge in [-0.1, -0.05) is 108 Å². The highest BCUT2D eigenvalue weighted by Crippen LogP contribution is 2.40. The van der Waals surface area contributed by atoms with Crippen molar-refractivity contribution in [1.29, 1.82) is 0 Å². The Kier molecular flexibility index (Phi) is 11.3. The maximum Gasteiger partial charge on any atom is 0.305 e. The van der Waals surface area contributed by atoms with Crippen molar-refractivity contribution in [2.75, 3.05) is 0 Å². The third-order valence-electron chi connectivity index (χ3n) is 7.50. The van der Waals surface area contributed by atoms with E-state index in [-0.39, 0.29) is 16.2 Å². The van der Waals surface area contributed by atoms with Gasteiger partial charge in [-0.25, -0.2) is 0 Å². The highest BCUT2D eigenvalue weighted by atomic mass is 28.4. The summed E-state index contributed by atoms with van der Waals surface area (Å²) in [7, 11) is -5.15. The largest absolute Gasteiger partial charge is 0.421 e. The maximum absolute atomic E-state index is 11.8. The van der Waals surface area contributed by atoms with Crippen molar-refractivity contribution in [2.24, 2.45) is 0 Å². The Hall–Kier alpha value is -2.53. The Bertz CT molecular complexity index is 1080. The van der Waals surface area contributed by atoms with Crippen LogP contribution in [-0.4, -0.2) is 47.1 Å². The molecule has 0 N–H and O–H groups in total. The lowest BCUT2D eigenvalue weighted by atomic mass is 10.2. The van der Waals surface area contributed by atoms with Crippen LogP contribution in [-0.2, 0) is 27.9 Å². The minimum absolute atomic E-state index is 0.00898. The summed E-state index contributed by atoms with van der Waals surface area (Å²) in [6, 6.07) is 20.8. The lowest BCUT2D eigenvalue weighted by molar-refractivity contribution is -0.176. The quantitative estimate of drug-likeness (QED) is 0.133. The zero-order chi connectivity index (χ0) is 30.4. The van der Waals surface area contributed by atoms with Crippen molar-refractivity contribution in [3.8, 4) is 0 Å². The van der Waals surface area contributed by atoms with Crippen molar-refractivity contribution >= 4 is 38.9 Å². The molecule has 2 atom stereocenters. The van der Waals surface area contributed by atoms with Gasteiger partial charge in [0.2, 0.25) is 0 Å². The zero-order valence-electron chi connectivity index (χ0n) is 26.1. The van der Waals surface area contributed by atoms with Crippen molar-refractivity contribution in [3.63, 3.8) is 0 Å². The van der Waals surface area contributed by atoms with Gasteiger partial charge in [-0.3, -0.25) is 9.59 Å². The summed E-state index contributed by atoms with van der Waals surface area (Å²) in [6.07, 6.45) is 1.37. The maximum atomic E-state index is 11.8. The molecule has 220 valence electrons. The Morgan fingerprint density at radius 2 is 1.12 bits per heavy atom. The molecule has 0 unspecified atom stereocenters. The second-order valence-electron chi connectivity index (χ2n) is 12.8. The Morgan fingerprint density at radius 1 is 0.700 bits per heavy atom. The summed E-state index contributed by atoms with van der Waals surface area (Å²) in [5, 5.41) is 2.01. The van der Waals surface area contributed by atoms with Gasteiger partial charge in [-0.2, -0.15) is 0 Å². The van der Waals surface area contributed by atoms with Crippen LogP contribution in [0.1, 0.15) is 62.3 Å². The molecule has 0 saturated heterocycles. The second kappa shape index (κ2) is 13.4. The summed E-state index contributed by atoms with van der Waals surface area (Å²) in [5.74, 6) is -1.10. The normalized spacial score (nSPS) is 14.7. The van der Waals surface area contributed by atoms with Gasteiger partial charge < -0.3 is 18.3 Å². The zero-order valence-corrected chi connectivity index (χ0v) is 28.1. The van der Waals surface area contributed by atoms with E-state index in [0.29, 0.717) is 0 Å². The van der Waals surface area contributed by atoms with Gasteiger partial charge in [-0.05, 0) is 46.5 Å². The van der Waals surface area contributed by atoms with Crippen molar-refractivity contribution in [2.45, 2.75) is 104 Å². The van der Waals surface area contributed by atoms with Crippen molar-refractivity contribution in [3.05, 3.63) is 72.8 Å². The number of hydrogen-bond donors (Lipinski definition) is 0. The molecule has 2 aromatic carbocycles. The Labute approximate surface area is 243 Å². The lowest BCUT2D eigenvalue weighted by Crippen LogP contribution is -2.68. The molecule has 0 aromatic heterocycles. The van der Waals surface area contributed by atoms with E-state index in [9.17, 15) is 9.59 Å². The molecule has 0 aliphatic rings. The van der Waals surface area contributed by atoms with Crippen LogP contribution in [0, 0.1) is 0 Å². The SMILES string of the molecule is CC(=O)OC(/C=C/[C@H](O[Si](c1ccccc1)(c1ccccc1)C(C)(C)C)[C@H](C)O[Si](C)(C)C(C)(C)C)OC(C)=O. The number of carbonyl (C=O) groups is 2. The van der Waals surface area contributed by atoms with E-state index in [4.69, 9.17) is 18.3 Å². The summed E-state index contributed by atoms with van der Waals surface area (Å²) in [5.41, 5.74) is 0. The minimum Gasteiger partial charge on any atom is -0.421 e. The van der Waals surface area contributed by atoms with E-state index in [1.54, 1.807) is 6.08 Å². The van der Waals surface area contributed by atoms with Crippen LogP contribution in [0.3, 0.4) is 0 Å². The first-order valence-corrected chi connectivity index (χ1v) is 18.7. The summed E-state index contributed by atoms with van der Waals surface area (Å²) < 4.78 is 24.8. The first-order valence-electron chi connectivity index (χ1n) is 13.9. The molecule has 0 fully saturated rings. The van der Waals surface area contributed by atoms with Crippen LogP contribution in [0.4, 0.5) is 0 Å². The average molecular weight is 585 g/mol. The van der Waals surface area contributed by atoms with Crippen LogP contribution < -0.4 is 10.4 Å². The monoisotopic (exact) mass is 584 g/mol. The van der Waals surface area contributed by atoms with Crippen molar-refractivity contribution < 1.29 is 27.9 Å². The molecule has 0 saturated carbocycles. The van der Waals surface area contributed by atoms with Gasteiger partial charge in [0, 0.05) is 13.8 Å². The molecule has 6 nitrogen and oxygen atoms in total. The molecule has 2 aromatic rings. The van der Waals surface area contributed by atoms with E-state index in [1.165, 1.54) is 13.8 Å². The Morgan fingerprint density at radius 3 is 1.48 bits per heavy atom. The van der Waals surface area contributed by atoms with Crippen LogP contribution >= 0.6 is 0 Å². The van der Waals surface area contributed by atoms with Gasteiger partial charge in [0.05, 0.1) is 12.2 Å². The number of rotatable bonds is 11. The number of benzene rings is 2. The fourth-order valence-electron chi connectivity index (χ4n) is 4.53. The predicted octanol–water partition coefficient (Wildman–Crippen LogP) is 6.35. The highest BCUT2D eigenvalue weighted by molar-refractivity contribution is 6.99. The van der Waals surface area contributed by atoms with E-state index in [2.05, 4.69) is 78.9 Å². The first-order chi connectivity index (χ1) is 18.4. The number of carbonyl (C=O) groups excluding carboxylic acids is 2. The molecular weight excluding hydrogens is 537 g/mol. The molecule has 8 heteroatoms. The van der Waals surface area contributed by atoms with E-state index >= 15 is 0 Å². The van der Waals surface area contributed by atoms with Gasteiger partial charge in [0.1, 0.15) is 0 Å². The molecule has 0 bridgehead atoms. The minimum atomic E-state index is -2.96. The van der Waals surface area contributed by atoms with Crippen LogP contribution in [0.15, 0.2) is 72.8 Å². The molecule has 0 aliphatic heterocycles. The summed E-state index contributed by atoms with van der Waals surface area (Å²) in [6.45, 7) is 22.3. The summed E-state index contributed by atoms with van der Waals surface area (Å²) >= 11 is 0. The predicted molar refractivity (Wildman–Crippen MR) is 167 cm³/mol. The molecule has 2 rings (SSSR count). The van der Waals surface area contributed by atoms with Crippen LogP contribution in [0.2, 0.25) is 23.2 Å². The number of esters is 2. The fraction of sp³-hybridized carbons (Fsp3) is 0.500. The molecule has 0 amide bonds. The number of hydrogen-bond acceptors (Lipinski definition) is 6. The second-order valence-corrected chi connectivity index (χ2v) is 21.8. The molecular formula is C32H48O6Si2. The molecule has 0 spiro atoms. The van der Waals surface area contributed by atoms with Crippen LogP contribution in [0.25, 0.3) is 0 Å². The number of ether oxygens (including phenoxy) is 2. The molecule has 40 heavy (non-hydrogen) atoms. The topological polar surface area (TPSA) is 71.1 Å². The lowest BCUT2D eigenvalue weighted by Gasteiger charge is -2.47. The van der Waals surface area contributed by atoms with E-state index in [0.717, 1.165) is 10.4 Å². The third kappa shape index (κ3) is 8.49. The van der Waals surface area contributed by atoms with Gasteiger partial charge in [-0.15, -0.1) is 0 Å². The molecule has 0 heterocycles. The van der Waals surface area contributed by atoms with E-state index < -0.39 is 41.0 Å². The third-order valence-corrected chi connectivity index (χ3v) is 17.1.